The number of ether oxygens (including phenoxy) is 4. The van der Waals surface area contributed by atoms with Crippen molar-refractivity contribution in [1.82, 2.24) is 45.3 Å². The monoisotopic (exact) mass is 1120 g/mol. The second kappa shape index (κ2) is 22.2. The van der Waals surface area contributed by atoms with E-state index in [1.165, 1.54) is 9.58 Å². The quantitative estimate of drug-likeness (QED) is 0.180. The molecule has 20 nitrogen and oxygen atoms in total. The predicted octanol–water partition coefficient (Wildman–Crippen LogP) is 2.98. The number of hydrogen-bond donors (Lipinski definition) is 4. The zero-order valence-corrected chi connectivity index (χ0v) is 46.3. The second-order valence-corrected chi connectivity index (χ2v) is 24.9. The molecule has 4 N–H and O–H groups in total. The lowest BCUT2D eigenvalue weighted by Crippen LogP contribution is -2.73. The SMILES string of the molecule is C[C@H](O)c1ncc(N2CCN3CCOC[C@@H]3C2)cc1-c1c2c3cc(ccc3n1CC(F)(F)F)N1CCO[C@@H](C[C@H](NC(=O)[C@H](C3CCCC3)N3CCOC4(CN(C(=O)[C@H]5CN5)C4)C3)C(=O)N3CCC[C@H](N3)C(=O)OCC(C)(C)C2)C1. The lowest BCUT2D eigenvalue weighted by Gasteiger charge is -2.55. The second-order valence-electron chi connectivity index (χ2n) is 24.9. The van der Waals surface area contributed by atoms with Gasteiger partial charge in [-0.15, -0.1) is 0 Å². The summed E-state index contributed by atoms with van der Waals surface area (Å²) >= 11 is 0. The molecule has 8 fully saturated rings. The van der Waals surface area contributed by atoms with E-state index in [9.17, 15) is 14.7 Å². The van der Waals surface area contributed by atoms with E-state index in [0.717, 1.165) is 50.1 Å². The van der Waals surface area contributed by atoms with Crippen LogP contribution < -0.4 is 25.9 Å². The van der Waals surface area contributed by atoms with Gasteiger partial charge >= 0.3 is 12.1 Å². The average molecular weight is 1120 g/mol. The number of carbonyl (C=O) groups excluding carboxylic acids is 4. The van der Waals surface area contributed by atoms with E-state index in [-0.39, 0.29) is 73.8 Å². The molecular formula is C57H78F3N11O9. The Kier molecular flexibility index (Phi) is 15.4. The summed E-state index contributed by atoms with van der Waals surface area (Å²) in [5, 5.41) is 19.8. The van der Waals surface area contributed by atoms with Gasteiger partial charge in [0.25, 0.3) is 5.91 Å². The molecule has 436 valence electrons. The zero-order valence-electron chi connectivity index (χ0n) is 46.3. The first-order valence-electron chi connectivity index (χ1n) is 29.2. The number of aliphatic hydroxyl groups excluding tert-OH is 1. The van der Waals surface area contributed by atoms with Gasteiger partial charge in [0.1, 0.15) is 24.2 Å². The maximum Gasteiger partial charge on any atom is 0.406 e. The Hall–Kier alpha value is -5.14. The number of amides is 3. The fraction of sp³-hybridized carbons (Fsp3) is 0.702. The lowest BCUT2D eigenvalue weighted by atomic mass is 9.84. The molecule has 6 bridgehead atoms. The van der Waals surface area contributed by atoms with E-state index < -0.39 is 65.9 Å². The van der Waals surface area contributed by atoms with Gasteiger partial charge in [0.2, 0.25) is 11.8 Å². The highest BCUT2D eigenvalue weighted by Crippen LogP contribution is 2.44. The molecular weight excluding hydrogens is 1040 g/mol. The first-order chi connectivity index (χ1) is 38.4. The number of esters is 1. The van der Waals surface area contributed by atoms with Crippen molar-refractivity contribution in [3.8, 4) is 11.3 Å². The van der Waals surface area contributed by atoms with Gasteiger partial charge in [0.15, 0.2) is 0 Å². The average Bonchev–Trinajstić information content (AvgIpc) is 4.17. The van der Waals surface area contributed by atoms with E-state index in [2.05, 4.69) is 35.7 Å². The van der Waals surface area contributed by atoms with Crippen LogP contribution in [-0.2, 0) is 51.1 Å². The van der Waals surface area contributed by atoms with Crippen LogP contribution in [0.15, 0.2) is 30.5 Å². The van der Waals surface area contributed by atoms with Crippen molar-refractivity contribution in [3.05, 3.63) is 41.7 Å². The van der Waals surface area contributed by atoms with Crippen LogP contribution in [0, 0.1) is 11.3 Å². The first kappa shape index (κ1) is 55.4. The summed E-state index contributed by atoms with van der Waals surface area (Å²) in [5.41, 5.74) is 5.07. The van der Waals surface area contributed by atoms with Gasteiger partial charge in [-0.1, -0.05) is 26.7 Å². The summed E-state index contributed by atoms with van der Waals surface area (Å²) in [5.74, 6) is -1.11. The molecule has 0 unspecified atom stereocenters. The molecule has 7 saturated heterocycles. The minimum absolute atomic E-state index is 0.0453. The normalized spacial score (nSPS) is 28.7. The summed E-state index contributed by atoms with van der Waals surface area (Å²) < 4.78 is 71.6. The van der Waals surface area contributed by atoms with Crippen LogP contribution in [0.5, 0.6) is 0 Å². The Balaban J connectivity index is 0.894. The summed E-state index contributed by atoms with van der Waals surface area (Å²) in [6, 6.07) is 4.87. The number of likely N-dealkylation sites (tertiary alicyclic amines) is 1. The van der Waals surface area contributed by atoms with Crippen LogP contribution >= 0.6 is 0 Å². The number of piperazine rings is 1. The first-order valence-corrected chi connectivity index (χ1v) is 29.2. The fourth-order valence-electron chi connectivity index (χ4n) is 14.1. The van der Waals surface area contributed by atoms with Crippen molar-refractivity contribution in [3.63, 3.8) is 0 Å². The van der Waals surface area contributed by atoms with E-state index >= 15 is 22.8 Å². The number of nitrogens with one attached hydrogen (secondary N) is 3. The molecule has 80 heavy (non-hydrogen) atoms. The number of pyridine rings is 1. The maximum atomic E-state index is 15.2. The number of morpholine rings is 3. The highest BCUT2D eigenvalue weighted by atomic mass is 19.4. The van der Waals surface area contributed by atoms with Crippen molar-refractivity contribution in [2.45, 2.75) is 133 Å². The number of halogens is 3. The van der Waals surface area contributed by atoms with Gasteiger partial charge in [-0.05, 0) is 74.8 Å². The summed E-state index contributed by atoms with van der Waals surface area (Å²) in [6.07, 6.45) is 0.217. The Labute approximate surface area is 464 Å². The van der Waals surface area contributed by atoms with Gasteiger partial charge in [-0.25, -0.2) is 5.43 Å². The number of anilines is 2. The number of hydrazine groups is 1. The maximum absolute atomic E-state index is 15.2. The van der Waals surface area contributed by atoms with E-state index in [0.29, 0.717) is 114 Å². The van der Waals surface area contributed by atoms with Crippen molar-refractivity contribution >= 4 is 46.0 Å². The molecule has 1 aliphatic carbocycles. The Bertz CT molecular complexity index is 2820. The smallest absolute Gasteiger partial charge is 0.406 e. The number of carbonyl (C=O) groups is 4. The van der Waals surface area contributed by atoms with Crippen molar-refractivity contribution in [2.75, 3.05) is 121 Å². The molecule has 8 aliphatic heterocycles. The molecule has 2 aromatic heterocycles. The number of aliphatic hydroxyl groups is 1. The molecule has 12 rings (SSSR count). The number of aromatic nitrogens is 2. The lowest BCUT2D eigenvalue weighted by molar-refractivity contribution is -0.197. The van der Waals surface area contributed by atoms with Gasteiger partial charge in [0.05, 0.1) is 99.7 Å². The Morgan fingerprint density at radius 1 is 0.938 bits per heavy atom. The third-order valence-corrected chi connectivity index (χ3v) is 18.2. The van der Waals surface area contributed by atoms with E-state index in [1.54, 1.807) is 19.2 Å². The standard InChI is InChI=1S/C57H78F3N11O9/c1-35(72)48-42(22-38(25-62-48)66-14-13-65-15-18-77-29-39(65)27-66)50-43-24-55(2,3)34-79-54(76)44-9-6-12-71(64-44)53(75)45(23-40-28-67(16-19-78-40)37-10-11-47(41(43)21-37)70(50)33-57(58,59)60)63-51(73)49(36-7-4-5-8-36)68-17-20-80-56(30-68)31-69(32-56)52(74)46-26-61-46/h10-11,21-22,25,35-36,39-40,44-46,49,61,64,72H,4-9,12-20,23-24,26-34H2,1-3H3,(H,63,73)/t35-,39-,40-,44-,45-,46+,49-/m0/s1. The van der Waals surface area contributed by atoms with Crippen LogP contribution in [0.2, 0.25) is 0 Å². The Morgan fingerprint density at radius 2 is 1.74 bits per heavy atom. The van der Waals surface area contributed by atoms with Crippen LogP contribution in [-0.4, -0.2) is 218 Å². The highest BCUT2D eigenvalue weighted by molar-refractivity contribution is 5.95. The minimum atomic E-state index is -4.64. The van der Waals surface area contributed by atoms with Crippen molar-refractivity contribution in [1.29, 1.82) is 0 Å². The molecule has 1 aromatic carbocycles. The fourth-order valence-corrected chi connectivity index (χ4v) is 14.1. The number of nitrogens with zero attached hydrogens (tertiary/aromatic N) is 8. The van der Waals surface area contributed by atoms with Crippen LogP contribution in [0.25, 0.3) is 22.2 Å². The number of benzene rings is 1. The molecule has 10 heterocycles. The highest BCUT2D eigenvalue weighted by Gasteiger charge is 2.54. The number of fused-ring (bicyclic) bond motifs is 7. The van der Waals surface area contributed by atoms with Crippen molar-refractivity contribution in [2.24, 2.45) is 11.3 Å². The minimum Gasteiger partial charge on any atom is -0.464 e. The summed E-state index contributed by atoms with van der Waals surface area (Å²) in [6.45, 7) is 12.5. The van der Waals surface area contributed by atoms with Gasteiger partial charge in [-0.2, -0.15) is 13.2 Å². The molecule has 7 atom stereocenters. The number of rotatable bonds is 9. The molecule has 1 spiro atoms. The van der Waals surface area contributed by atoms with Crippen LogP contribution in [0.3, 0.4) is 0 Å². The molecule has 1 saturated carbocycles. The molecule has 3 aromatic rings. The summed E-state index contributed by atoms with van der Waals surface area (Å²) in [4.78, 5) is 73.0. The largest absolute Gasteiger partial charge is 0.464 e. The van der Waals surface area contributed by atoms with E-state index in [1.807, 2.05) is 36.9 Å². The van der Waals surface area contributed by atoms with Crippen molar-refractivity contribution < 1.29 is 56.4 Å². The van der Waals surface area contributed by atoms with Crippen LogP contribution in [0.1, 0.15) is 83.1 Å². The third kappa shape index (κ3) is 11.5. The van der Waals surface area contributed by atoms with E-state index in [4.69, 9.17) is 23.9 Å². The zero-order chi connectivity index (χ0) is 55.7. The van der Waals surface area contributed by atoms with Gasteiger partial charge in [-0.3, -0.25) is 39.0 Å². The van der Waals surface area contributed by atoms with Gasteiger partial charge < -0.3 is 54.0 Å². The summed E-state index contributed by atoms with van der Waals surface area (Å²) in [7, 11) is 0. The molecule has 23 heteroatoms. The molecule has 9 aliphatic rings. The predicted molar refractivity (Wildman–Crippen MR) is 289 cm³/mol. The van der Waals surface area contributed by atoms with Crippen LogP contribution in [0.4, 0.5) is 24.5 Å². The molecule has 3 amide bonds. The van der Waals surface area contributed by atoms with Gasteiger partial charge in [0, 0.05) is 99.4 Å². The topological polar surface area (TPSA) is 209 Å². The number of cyclic esters (lactones) is 1. The number of alkyl halides is 3. The number of hydrogen-bond acceptors (Lipinski definition) is 16. The third-order valence-electron chi connectivity index (χ3n) is 18.2. The Morgan fingerprint density at radius 3 is 2.51 bits per heavy atom. The molecule has 0 radical (unpaired) electrons.